The molecular weight excluding hydrogens is 310 g/mol. The molecule has 4 rings (SSSR count). The molecule has 0 spiro atoms. The Kier molecular flexibility index (Phi) is 3.15. The Morgan fingerprint density at radius 3 is 2.83 bits per heavy atom. The van der Waals surface area contributed by atoms with E-state index in [1.807, 2.05) is 19.1 Å². The van der Waals surface area contributed by atoms with Crippen LogP contribution in [0.25, 0.3) is 0 Å². The first-order chi connectivity index (χ1) is 11.5. The van der Waals surface area contributed by atoms with Crippen molar-refractivity contribution in [2.24, 2.45) is 11.8 Å². The quantitative estimate of drug-likeness (QED) is 0.480. The highest BCUT2D eigenvalue weighted by molar-refractivity contribution is 6.23. The van der Waals surface area contributed by atoms with Gasteiger partial charge in [0.1, 0.15) is 0 Å². The van der Waals surface area contributed by atoms with Gasteiger partial charge in [0.25, 0.3) is 0 Å². The lowest BCUT2D eigenvalue weighted by atomic mass is 9.78. The number of fused-ring (bicyclic) bond motifs is 5. The number of carbonyl (C=O) groups is 3. The van der Waals surface area contributed by atoms with E-state index in [1.54, 1.807) is 25.1 Å². The lowest BCUT2D eigenvalue weighted by Gasteiger charge is -2.24. The minimum atomic E-state index is -0.727. The van der Waals surface area contributed by atoms with Crippen molar-refractivity contribution in [2.45, 2.75) is 25.6 Å². The molecule has 0 radical (unpaired) electrons. The van der Waals surface area contributed by atoms with Crippen LogP contribution < -0.4 is 4.90 Å². The number of hydrogen-bond donors (Lipinski definition) is 0. The summed E-state index contributed by atoms with van der Waals surface area (Å²) in [5.74, 6) is -2.02. The summed E-state index contributed by atoms with van der Waals surface area (Å²) in [7, 11) is 0. The number of rotatable bonds is 3. The minimum absolute atomic E-state index is 0.262. The molecule has 0 aliphatic carbocycles. The smallest absolute Gasteiger partial charge is 0.338 e. The van der Waals surface area contributed by atoms with Gasteiger partial charge in [-0.15, -0.1) is 0 Å². The minimum Gasteiger partial charge on any atom is -0.462 e. The fourth-order valence-corrected chi connectivity index (χ4v) is 3.89. The van der Waals surface area contributed by atoms with Crippen LogP contribution in [0.3, 0.4) is 0 Å². The molecule has 24 heavy (non-hydrogen) atoms. The third-order valence-corrected chi connectivity index (χ3v) is 4.94. The molecule has 3 heterocycles. The van der Waals surface area contributed by atoms with Gasteiger partial charge in [-0.05, 0) is 32.0 Å². The van der Waals surface area contributed by atoms with Crippen LogP contribution in [0.4, 0.5) is 5.69 Å². The van der Waals surface area contributed by atoms with Gasteiger partial charge in [-0.1, -0.05) is 18.2 Å². The van der Waals surface area contributed by atoms with Crippen molar-refractivity contribution in [3.05, 3.63) is 42.0 Å². The summed E-state index contributed by atoms with van der Waals surface area (Å²) in [6.07, 6.45) is 3.36. The Labute approximate surface area is 139 Å². The second-order valence-electron chi connectivity index (χ2n) is 6.41. The van der Waals surface area contributed by atoms with Gasteiger partial charge in [-0.3, -0.25) is 9.59 Å². The second-order valence-corrected chi connectivity index (χ2v) is 6.41. The fraction of sp³-hybridized carbons (Fsp3) is 0.389. The van der Waals surface area contributed by atoms with Crippen molar-refractivity contribution >= 4 is 23.5 Å². The van der Waals surface area contributed by atoms with Crippen molar-refractivity contribution in [3.63, 3.8) is 0 Å². The molecule has 4 atom stereocenters. The first-order valence-electron chi connectivity index (χ1n) is 7.98. The molecule has 2 amide bonds. The van der Waals surface area contributed by atoms with Gasteiger partial charge in [0.15, 0.2) is 0 Å². The maximum atomic E-state index is 12.9. The first-order valence-corrected chi connectivity index (χ1v) is 7.98. The molecule has 2 fully saturated rings. The summed E-state index contributed by atoms with van der Waals surface area (Å²) < 4.78 is 10.8. The van der Waals surface area contributed by atoms with E-state index in [4.69, 9.17) is 9.47 Å². The highest BCUT2D eigenvalue weighted by Gasteiger charge is 2.66. The van der Waals surface area contributed by atoms with Crippen molar-refractivity contribution in [1.82, 2.24) is 0 Å². The third-order valence-electron chi connectivity index (χ3n) is 4.94. The van der Waals surface area contributed by atoms with Crippen LogP contribution in [0.5, 0.6) is 0 Å². The second kappa shape index (κ2) is 5.01. The molecule has 2 bridgehead atoms. The lowest BCUT2D eigenvalue weighted by molar-refractivity contribution is -0.126. The van der Waals surface area contributed by atoms with Gasteiger partial charge < -0.3 is 9.47 Å². The molecule has 0 N–H and O–H groups in total. The van der Waals surface area contributed by atoms with Crippen LogP contribution in [-0.2, 0) is 19.1 Å². The van der Waals surface area contributed by atoms with E-state index in [0.29, 0.717) is 11.3 Å². The van der Waals surface area contributed by atoms with Gasteiger partial charge in [0.05, 0.1) is 41.4 Å². The summed E-state index contributed by atoms with van der Waals surface area (Å²) >= 11 is 0. The van der Waals surface area contributed by atoms with E-state index in [0.717, 1.165) is 0 Å². The average Bonchev–Trinajstić information content (AvgIpc) is 3.17. The molecule has 124 valence electrons. The van der Waals surface area contributed by atoms with Crippen LogP contribution in [0.15, 0.2) is 36.4 Å². The Hall–Kier alpha value is -2.47. The number of amides is 2. The van der Waals surface area contributed by atoms with Crippen LogP contribution in [0.1, 0.15) is 24.2 Å². The van der Waals surface area contributed by atoms with Crippen LogP contribution in [0, 0.1) is 11.8 Å². The normalized spacial score (nSPS) is 33.2. The molecule has 6 nitrogen and oxygen atoms in total. The first kappa shape index (κ1) is 15.1. The van der Waals surface area contributed by atoms with Gasteiger partial charge in [-0.2, -0.15) is 0 Å². The maximum Gasteiger partial charge on any atom is 0.338 e. The van der Waals surface area contributed by atoms with Gasteiger partial charge in [-0.25, -0.2) is 9.69 Å². The number of benzene rings is 1. The predicted octanol–water partition coefficient (Wildman–Crippen LogP) is 1.70. The van der Waals surface area contributed by atoms with E-state index >= 15 is 0 Å². The van der Waals surface area contributed by atoms with E-state index in [9.17, 15) is 14.4 Å². The summed E-state index contributed by atoms with van der Waals surface area (Å²) in [5.41, 5.74) is -0.0150. The van der Waals surface area contributed by atoms with Crippen molar-refractivity contribution in [1.29, 1.82) is 0 Å². The standard InChI is InChI=1S/C18H17NO5/c1-3-23-17(22)10-5-4-6-11(9-10)19-15(20)13-12-7-8-18(2,24-12)14(13)16(19)21/h4-9,12-14H,3H2,1-2H3/t12-,13-,14+,18+/m1/s1. The fourth-order valence-electron chi connectivity index (χ4n) is 3.89. The number of carbonyl (C=O) groups excluding carboxylic acids is 3. The zero-order chi connectivity index (χ0) is 17.1. The zero-order valence-electron chi connectivity index (χ0n) is 13.4. The summed E-state index contributed by atoms with van der Waals surface area (Å²) in [6, 6.07) is 6.41. The van der Waals surface area contributed by atoms with Gasteiger partial charge in [0.2, 0.25) is 11.8 Å². The molecule has 2 saturated heterocycles. The Bertz CT molecular complexity index is 785. The van der Waals surface area contributed by atoms with Crippen molar-refractivity contribution in [3.8, 4) is 0 Å². The van der Waals surface area contributed by atoms with Crippen molar-refractivity contribution < 1.29 is 23.9 Å². The number of esters is 1. The summed E-state index contributed by atoms with van der Waals surface area (Å²) in [4.78, 5) is 38.8. The van der Waals surface area contributed by atoms with Crippen LogP contribution >= 0.6 is 0 Å². The Balaban J connectivity index is 1.69. The molecule has 3 aliphatic heterocycles. The van der Waals surface area contributed by atoms with E-state index in [2.05, 4.69) is 0 Å². The predicted molar refractivity (Wildman–Crippen MR) is 84.3 cm³/mol. The molecule has 0 saturated carbocycles. The topological polar surface area (TPSA) is 72.9 Å². The Morgan fingerprint density at radius 2 is 2.12 bits per heavy atom. The van der Waals surface area contributed by atoms with E-state index in [1.165, 1.54) is 11.0 Å². The van der Waals surface area contributed by atoms with Gasteiger partial charge >= 0.3 is 5.97 Å². The molecule has 1 aromatic carbocycles. The molecule has 0 aromatic heterocycles. The number of imide groups is 1. The zero-order valence-corrected chi connectivity index (χ0v) is 13.4. The van der Waals surface area contributed by atoms with Crippen LogP contribution in [-0.4, -0.2) is 36.1 Å². The number of hydrogen-bond acceptors (Lipinski definition) is 5. The highest BCUT2D eigenvalue weighted by atomic mass is 16.5. The molecule has 0 unspecified atom stereocenters. The monoisotopic (exact) mass is 327 g/mol. The van der Waals surface area contributed by atoms with E-state index in [-0.39, 0.29) is 24.5 Å². The molecular formula is C18H17NO5. The lowest BCUT2D eigenvalue weighted by Crippen LogP contribution is -2.38. The SMILES string of the molecule is CCOC(=O)c1cccc(N2C(=O)[C@H]3[C@@H](C2=O)[C@]2(C)C=C[C@H]3O2)c1. The molecule has 6 heteroatoms. The number of anilines is 1. The van der Waals surface area contributed by atoms with Crippen molar-refractivity contribution in [2.75, 3.05) is 11.5 Å². The average molecular weight is 327 g/mol. The van der Waals surface area contributed by atoms with Gasteiger partial charge in [0, 0.05) is 0 Å². The maximum absolute atomic E-state index is 12.9. The third kappa shape index (κ3) is 1.89. The Morgan fingerprint density at radius 1 is 1.33 bits per heavy atom. The van der Waals surface area contributed by atoms with Crippen LogP contribution in [0.2, 0.25) is 0 Å². The summed E-state index contributed by atoms with van der Waals surface area (Å²) in [5, 5.41) is 0. The van der Waals surface area contributed by atoms with E-state index < -0.39 is 23.4 Å². The summed E-state index contributed by atoms with van der Waals surface area (Å²) in [6.45, 7) is 3.82. The largest absolute Gasteiger partial charge is 0.462 e. The molecule has 3 aliphatic rings. The number of nitrogens with zero attached hydrogens (tertiary/aromatic N) is 1. The highest BCUT2D eigenvalue weighted by Crippen LogP contribution is 2.52. The number of ether oxygens (including phenoxy) is 2. The molecule has 1 aromatic rings.